The smallest absolute Gasteiger partial charge is 0.191 e. The van der Waals surface area contributed by atoms with Gasteiger partial charge in [-0.1, -0.05) is 30.3 Å². The first kappa shape index (κ1) is 22.0. The molecule has 30 heavy (non-hydrogen) atoms. The molecule has 1 heterocycles. The fraction of sp³-hybridized carbons (Fsp3) is 0.458. The number of rotatable bonds is 9. The van der Waals surface area contributed by atoms with Crippen molar-refractivity contribution in [2.45, 2.75) is 26.3 Å². The molecule has 1 unspecified atom stereocenters. The van der Waals surface area contributed by atoms with E-state index in [1.807, 2.05) is 18.2 Å². The van der Waals surface area contributed by atoms with Crippen LogP contribution in [-0.2, 0) is 17.7 Å². The van der Waals surface area contributed by atoms with Crippen molar-refractivity contribution in [3.63, 3.8) is 0 Å². The molecular weight excluding hydrogens is 378 g/mol. The Morgan fingerprint density at radius 1 is 1.13 bits per heavy atom. The topological polar surface area (TPSA) is 64.1 Å². The predicted molar refractivity (Wildman–Crippen MR) is 120 cm³/mol. The standard InChI is InChI=1S/C24H33N3O3/c1-18-8-9-21(23(14-18)30-17-19-11-13-29-16-19)15-27-24(25-2)26-12-10-20-6-4-5-7-22(20)28-3/h4-9,14,19H,10-13,15-17H2,1-3H3,(H2,25,26,27). The van der Waals surface area contributed by atoms with Crippen LogP contribution in [0.15, 0.2) is 47.5 Å². The van der Waals surface area contributed by atoms with E-state index in [1.165, 1.54) is 11.1 Å². The maximum Gasteiger partial charge on any atom is 0.191 e. The van der Waals surface area contributed by atoms with Crippen molar-refractivity contribution in [3.8, 4) is 11.5 Å². The minimum absolute atomic E-state index is 0.482. The van der Waals surface area contributed by atoms with Crippen LogP contribution in [0.25, 0.3) is 0 Å². The van der Waals surface area contributed by atoms with Crippen molar-refractivity contribution in [2.24, 2.45) is 10.9 Å². The molecule has 0 aliphatic carbocycles. The molecule has 6 nitrogen and oxygen atoms in total. The number of benzene rings is 2. The predicted octanol–water partition coefficient (Wildman–Crippen LogP) is 3.33. The molecule has 0 aromatic heterocycles. The zero-order chi connectivity index (χ0) is 21.2. The Balaban J connectivity index is 1.51. The van der Waals surface area contributed by atoms with Crippen molar-refractivity contribution >= 4 is 5.96 Å². The highest BCUT2D eigenvalue weighted by Gasteiger charge is 2.17. The van der Waals surface area contributed by atoms with Crippen LogP contribution < -0.4 is 20.1 Å². The van der Waals surface area contributed by atoms with Gasteiger partial charge in [0.1, 0.15) is 11.5 Å². The quantitative estimate of drug-likeness (QED) is 0.490. The number of methoxy groups -OCH3 is 1. The average molecular weight is 412 g/mol. The average Bonchev–Trinajstić information content (AvgIpc) is 3.29. The van der Waals surface area contributed by atoms with Gasteiger partial charge in [-0.25, -0.2) is 0 Å². The summed E-state index contributed by atoms with van der Waals surface area (Å²) in [4.78, 5) is 4.34. The third-order valence-electron chi connectivity index (χ3n) is 5.27. The lowest BCUT2D eigenvalue weighted by Crippen LogP contribution is -2.38. The number of nitrogens with one attached hydrogen (secondary N) is 2. The second-order valence-corrected chi connectivity index (χ2v) is 7.57. The molecular formula is C24H33N3O3. The van der Waals surface area contributed by atoms with E-state index in [0.29, 0.717) is 19.1 Å². The molecule has 2 aromatic rings. The molecule has 2 aromatic carbocycles. The van der Waals surface area contributed by atoms with Gasteiger partial charge < -0.3 is 24.8 Å². The first-order chi connectivity index (χ1) is 14.7. The summed E-state index contributed by atoms with van der Waals surface area (Å²) in [6, 6.07) is 14.4. The molecule has 0 saturated carbocycles. The second kappa shape index (κ2) is 11.5. The van der Waals surface area contributed by atoms with Gasteiger partial charge in [-0.05, 0) is 43.0 Å². The number of para-hydroxylation sites is 1. The molecule has 1 aliphatic heterocycles. The van der Waals surface area contributed by atoms with E-state index in [-0.39, 0.29) is 0 Å². The molecule has 3 rings (SSSR count). The van der Waals surface area contributed by atoms with Gasteiger partial charge >= 0.3 is 0 Å². The van der Waals surface area contributed by atoms with Gasteiger partial charge in [0.25, 0.3) is 0 Å². The van der Waals surface area contributed by atoms with Crippen LogP contribution in [0.5, 0.6) is 11.5 Å². The van der Waals surface area contributed by atoms with Crippen LogP contribution in [0.4, 0.5) is 0 Å². The van der Waals surface area contributed by atoms with Crippen molar-refractivity contribution in [3.05, 3.63) is 59.2 Å². The molecule has 6 heteroatoms. The van der Waals surface area contributed by atoms with Crippen LogP contribution in [-0.4, -0.2) is 46.5 Å². The van der Waals surface area contributed by atoms with E-state index in [2.05, 4.69) is 46.8 Å². The number of ether oxygens (including phenoxy) is 3. The highest BCUT2D eigenvalue weighted by molar-refractivity contribution is 5.79. The van der Waals surface area contributed by atoms with E-state index >= 15 is 0 Å². The number of hydrogen-bond donors (Lipinski definition) is 2. The summed E-state index contributed by atoms with van der Waals surface area (Å²) in [6.45, 7) is 5.82. The maximum absolute atomic E-state index is 6.14. The van der Waals surface area contributed by atoms with Crippen molar-refractivity contribution in [1.82, 2.24) is 10.6 Å². The lowest BCUT2D eigenvalue weighted by molar-refractivity contribution is 0.166. The lowest BCUT2D eigenvalue weighted by atomic mass is 10.1. The fourth-order valence-corrected chi connectivity index (χ4v) is 3.49. The van der Waals surface area contributed by atoms with Crippen LogP contribution in [0.3, 0.4) is 0 Å². The minimum Gasteiger partial charge on any atom is -0.496 e. The first-order valence-corrected chi connectivity index (χ1v) is 10.6. The third kappa shape index (κ3) is 6.39. The SMILES string of the molecule is CN=C(NCCc1ccccc1OC)NCc1ccc(C)cc1OCC1CCOC1. The van der Waals surface area contributed by atoms with Crippen molar-refractivity contribution < 1.29 is 14.2 Å². The van der Waals surface area contributed by atoms with E-state index in [4.69, 9.17) is 14.2 Å². The molecule has 1 aliphatic rings. The molecule has 162 valence electrons. The zero-order valence-electron chi connectivity index (χ0n) is 18.2. The lowest BCUT2D eigenvalue weighted by Gasteiger charge is -2.17. The summed E-state index contributed by atoms with van der Waals surface area (Å²) in [5, 5.41) is 6.76. The molecule has 0 spiro atoms. The molecule has 0 radical (unpaired) electrons. The summed E-state index contributed by atoms with van der Waals surface area (Å²) >= 11 is 0. The third-order valence-corrected chi connectivity index (χ3v) is 5.27. The van der Waals surface area contributed by atoms with Gasteiger partial charge in [0.05, 0.1) is 20.3 Å². The summed E-state index contributed by atoms with van der Waals surface area (Å²) in [7, 11) is 3.48. The number of hydrogen-bond acceptors (Lipinski definition) is 4. The van der Waals surface area contributed by atoms with Gasteiger partial charge in [-0.2, -0.15) is 0 Å². The van der Waals surface area contributed by atoms with Gasteiger partial charge in [0.15, 0.2) is 5.96 Å². The molecule has 1 fully saturated rings. The van der Waals surface area contributed by atoms with Crippen molar-refractivity contribution in [1.29, 1.82) is 0 Å². The Hall–Kier alpha value is -2.73. The summed E-state index contributed by atoms with van der Waals surface area (Å²) < 4.78 is 17.0. The molecule has 1 saturated heterocycles. The van der Waals surface area contributed by atoms with E-state index in [1.54, 1.807) is 14.2 Å². The Morgan fingerprint density at radius 2 is 2.00 bits per heavy atom. The second-order valence-electron chi connectivity index (χ2n) is 7.57. The van der Waals surface area contributed by atoms with E-state index in [0.717, 1.165) is 55.6 Å². The maximum atomic E-state index is 6.14. The van der Waals surface area contributed by atoms with Crippen LogP contribution in [0.1, 0.15) is 23.1 Å². The molecule has 0 bridgehead atoms. The Morgan fingerprint density at radius 3 is 2.77 bits per heavy atom. The largest absolute Gasteiger partial charge is 0.496 e. The van der Waals surface area contributed by atoms with E-state index < -0.39 is 0 Å². The molecule has 1 atom stereocenters. The van der Waals surface area contributed by atoms with Crippen LogP contribution >= 0.6 is 0 Å². The Bertz CT molecular complexity index is 832. The summed E-state index contributed by atoms with van der Waals surface area (Å²) in [6.07, 6.45) is 1.93. The normalized spacial score (nSPS) is 16.4. The molecule has 2 N–H and O–H groups in total. The minimum atomic E-state index is 0.482. The van der Waals surface area contributed by atoms with Gasteiger partial charge in [-0.15, -0.1) is 0 Å². The highest BCUT2D eigenvalue weighted by Crippen LogP contribution is 2.23. The summed E-state index contributed by atoms with van der Waals surface area (Å²) in [5.41, 5.74) is 3.48. The zero-order valence-corrected chi connectivity index (χ0v) is 18.2. The number of aliphatic imine (C=N–C) groups is 1. The number of guanidine groups is 1. The Labute approximate surface area is 179 Å². The monoisotopic (exact) mass is 411 g/mol. The summed E-state index contributed by atoms with van der Waals surface area (Å²) in [5.74, 6) is 3.09. The van der Waals surface area contributed by atoms with E-state index in [9.17, 15) is 0 Å². The van der Waals surface area contributed by atoms with Gasteiger partial charge in [-0.3, -0.25) is 4.99 Å². The fourth-order valence-electron chi connectivity index (χ4n) is 3.49. The van der Waals surface area contributed by atoms with Gasteiger partial charge in [0.2, 0.25) is 0 Å². The Kier molecular flexibility index (Phi) is 8.39. The van der Waals surface area contributed by atoms with Crippen LogP contribution in [0, 0.1) is 12.8 Å². The highest BCUT2D eigenvalue weighted by atomic mass is 16.5. The number of nitrogens with zero attached hydrogens (tertiary/aromatic N) is 1. The molecule has 0 amide bonds. The number of aryl methyl sites for hydroxylation is 1. The van der Waals surface area contributed by atoms with Crippen LogP contribution in [0.2, 0.25) is 0 Å². The first-order valence-electron chi connectivity index (χ1n) is 10.6. The van der Waals surface area contributed by atoms with Gasteiger partial charge in [0, 0.05) is 38.2 Å². The van der Waals surface area contributed by atoms with Crippen molar-refractivity contribution in [2.75, 3.05) is 40.5 Å².